The number of nitrogens with zero attached hydrogens (tertiary/aromatic N) is 4. The van der Waals surface area contributed by atoms with Crippen molar-refractivity contribution in [3.05, 3.63) is 76.6 Å². The number of carbonyl (C=O) groups excluding carboxylic acids is 1. The largest absolute Gasteiger partial charge is 0.329 e. The molecule has 5 rings (SSSR count). The maximum atomic E-state index is 13.2. The summed E-state index contributed by atoms with van der Waals surface area (Å²) in [6.07, 6.45) is 1.98. The van der Waals surface area contributed by atoms with E-state index in [9.17, 15) is 4.79 Å². The first kappa shape index (κ1) is 18.1. The first-order chi connectivity index (χ1) is 14.1. The highest BCUT2D eigenvalue weighted by Crippen LogP contribution is 2.37. The molecule has 0 N–H and O–H groups in total. The van der Waals surface area contributed by atoms with Crippen LogP contribution in [0.4, 0.5) is 0 Å². The Bertz CT molecular complexity index is 1160. The van der Waals surface area contributed by atoms with E-state index in [1.54, 1.807) is 11.3 Å². The second-order valence-corrected chi connectivity index (χ2v) is 8.62. The Balaban J connectivity index is 1.41. The zero-order valence-electron chi connectivity index (χ0n) is 16.5. The molecule has 0 radical (unpaired) electrons. The molecular formula is C23H22N4OS. The summed E-state index contributed by atoms with van der Waals surface area (Å²) in [5.41, 5.74) is 4.76. The Kier molecular flexibility index (Phi) is 4.43. The number of rotatable bonds is 3. The van der Waals surface area contributed by atoms with Gasteiger partial charge in [0.05, 0.1) is 27.6 Å². The molecule has 1 saturated heterocycles. The number of aryl methyl sites for hydroxylation is 2. The van der Waals surface area contributed by atoms with Gasteiger partial charge >= 0.3 is 0 Å². The third-order valence-corrected chi connectivity index (χ3v) is 6.62. The summed E-state index contributed by atoms with van der Waals surface area (Å²) < 4.78 is 3.08. The molecule has 0 aliphatic carbocycles. The summed E-state index contributed by atoms with van der Waals surface area (Å²) in [4.78, 5) is 20.0. The van der Waals surface area contributed by atoms with Gasteiger partial charge in [-0.25, -0.2) is 9.67 Å². The van der Waals surface area contributed by atoms with E-state index in [0.717, 1.165) is 47.0 Å². The summed E-state index contributed by atoms with van der Waals surface area (Å²) >= 11 is 1.70. The molecule has 6 heteroatoms. The first-order valence-corrected chi connectivity index (χ1v) is 10.7. The minimum atomic E-state index is 0.0654. The van der Waals surface area contributed by atoms with Gasteiger partial charge in [-0.05, 0) is 69.2 Å². The van der Waals surface area contributed by atoms with Crippen LogP contribution in [0.3, 0.4) is 0 Å². The van der Waals surface area contributed by atoms with Gasteiger partial charge in [0.2, 0.25) is 0 Å². The molecule has 1 atom stereocenters. The lowest BCUT2D eigenvalue weighted by Gasteiger charge is -2.23. The highest BCUT2D eigenvalue weighted by molar-refractivity contribution is 7.18. The van der Waals surface area contributed by atoms with Crippen LogP contribution in [-0.2, 0) is 0 Å². The zero-order valence-corrected chi connectivity index (χ0v) is 17.3. The third-order valence-electron chi connectivity index (χ3n) is 5.48. The first-order valence-electron chi connectivity index (χ1n) is 9.90. The molecule has 4 aromatic rings. The van der Waals surface area contributed by atoms with Gasteiger partial charge in [0, 0.05) is 17.8 Å². The molecule has 1 aliphatic heterocycles. The third kappa shape index (κ3) is 3.23. The van der Waals surface area contributed by atoms with E-state index >= 15 is 0 Å². The van der Waals surface area contributed by atoms with Crippen molar-refractivity contribution in [1.29, 1.82) is 0 Å². The number of hydrogen-bond donors (Lipinski definition) is 0. The Labute approximate surface area is 173 Å². The van der Waals surface area contributed by atoms with Gasteiger partial charge in [0.25, 0.3) is 5.91 Å². The predicted octanol–water partition coefficient (Wildman–Crippen LogP) is 5.08. The molecule has 1 unspecified atom stereocenters. The number of fused-ring (bicyclic) bond motifs is 1. The lowest BCUT2D eigenvalue weighted by atomic mass is 10.1. The van der Waals surface area contributed by atoms with Crippen molar-refractivity contribution in [2.45, 2.75) is 32.7 Å². The molecule has 2 aromatic carbocycles. The second kappa shape index (κ2) is 7.12. The van der Waals surface area contributed by atoms with E-state index in [1.165, 1.54) is 4.70 Å². The lowest BCUT2D eigenvalue weighted by Crippen LogP contribution is -2.30. The van der Waals surface area contributed by atoms with Crippen LogP contribution in [0.2, 0.25) is 0 Å². The zero-order chi connectivity index (χ0) is 20.0. The van der Waals surface area contributed by atoms with Crippen molar-refractivity contribution in [3.8, 4) is 5.69 Å². The van der Waals surface area contributed by atoms with Gasteiger partial charge in [0.15, 0.2) is 0 Å². The highest BCUT2D eigenvalue weighted by atomic mass is 32.1. The normalized spacial score (nSPS) is 16.6. The molecule has 2 aromatic heterocycles. The molecule has 5 nitrogen and oxygen atoms in total. The fourth-order valence-electron chi connectivity index (χ4n) is 4.10. The number of likely N-dealkylation sites (tertiary alicyclic amines) is 1. The van der Waals surface area contributed by atoms with E-state index in [2.05, 4.69) is 11.2 Å². The quantitative estimate of drug-likeness (QED) is 0.480. The average Bonchev–Trinajstić information content (AvgIpc) is 3.44. The number of para-hydroxylation sites is 1. The highest BCUT2D eigenvalue weighted by Gasteiger charge is 2.32. The van der Waals surface area contributed by atoms with Crippen molar-refractivity contribution in [1.82, 2.24) is 19.7 Å². The fourth-order valence-corrected chi connectivity index (χ4v) is 5.22. The Morgan fingerprint density at radius 3 is 2.62 bits per heavy atom. The number of hydrogen-bond acceptors (Lipinski definition) is 4. The minimum Gasteiger partial charge on any atom is -0.329 e. The number of thiazole rings is 1. The van der Waals surface area contributed by atoms with E-state index in [1.807, 2.05) is 72.0 Å². The lowest BCUT2D eigenvalue weighted by molar-refractivity contribution is 0.0735. The van der Waals surface area contributed by atoms with Crippen LogP contribution >= 0.6 is 11.3 Å². The number of carbonyl (C=O) groups is 1. The maximum absolute atomic E-state index is 13.2. The smallest absolute Gasteiger partial charge is 0.254 e. The Hall–Kier alpha value is -2.99. The van der Waals surface area contributed by atoms with E-state index in [4.69, 9.17) is 4.98 Å². The molecule has 29 heavy (non-hydrogen) atoms. The van der Waals surface area contributed by atoms with E-state index in [0.29, 0.717) is 5.56 Å². The van der Waals surface area contributed by atoms with Crippen LogP contribution in [-0.4, -0.2) is 32.1 Å². The molecule has 1 aliphatic rings. The van der Waals surface area contributed by atoms with Crippen molar-refractivity contribution in [2.75, 3.05) is 6.54 Å². The monoisotopic (exact) mass is 402 g/mol. The summed E-state index contributed by atoms with van der Waals surface area (Å²) in [7, 11) is 0. The standard InChI is InChI=1S/C23H22N4OS/c1-15-14-16(2)27(25-15)18-11-9-17(10-12-18)23(28)26-13-5-7-20(26)22-24-19-6-3-4-8-21(19)29-22/h3-4,6,8-12,14,20H,5,7,13H2,1-2H3. The molecule has 1 amide bonds. The van der Waals surface area contributed by atoms with Crippen LogP contribution in [0.15, 0.2) is 54.6 Å². The topological polar surface area (TPSA) is 51.0 Å². The van der Waals surface area contributed by atoms with Crippen LogP contribution in [0.5, 0.6) is 0 Å². The van der Waals surface area contributed by atoms with Gasteiger partial charge in [-0.15, -0.1) is 11.3 Å². The van der Waals surface area contributed by atoms with E-state index < -0.39 is 0 Å². The fraction of sp³-hybridized carbons (Fsp3) is 0.261. The number of amides is 1. The molecule has 0 bridgehead atoms. The van der Waals surface area contributed by atoms with Crippen molar-refractivity contribution < 1.29 is 4.79 Å². The van der Waals surface area contributed by atoms with E-state index in [-0.39, 0.29) is 11.9 Å². The van der Waals surface area contributed by atoms with Crippen molar-refractivity contribution >= 4 is 27.5 Å². The Morgan fingerprint density at radius 2 is 1.90 bits per heavy atom. The summed E-state index contributed by atoms with van der Waals surface area (Å²) in [5, 5.41) is 5.56. The summed E-state index contributed by atoms with van der Waals surface area (Å²) in [5.74, 6) is 0.0756. The molecule has 146 valence electrons. The molecular weight excluding hydrogens is 380 g/mol. The SMILES string of the molecule is Cc1cc(C)n(-c2ccc(C(=O)N3CCCC3c3nc4ccccc4s3)cc2)n1. The predicted molar refractivity (Wildman–Crippen MR) is 116 cm³/mol. The molecule has 1 fully saturated rings. The second-order valence-electron chi connectivity index (χ2n) is 7.56. The van der Waals surface area contributed by atoms with Gasteiger partial charge in [0.1, 0.15) is 5.01 Å². The minimum absolute atomic E-state index is 0.0654. The number of benzene rings is 2. The molecule has 0 spiro atoms. The van der Waals surface area contributed by atoms with Crippen LogP contribution in [0, 0.1) is 13.8 Å². The Morgan fingerprint density at radius 1 is 1.10 bits per heavy atom. The molecule has 0 saturated carbocycles. The van der Waals surface area contributed by atoms with Crippen LogP contribution in [0.1, 0.15) is 45.6 Å². The van der Waals surface area contributed by atoms with Gasteiger partial charge in [-0.3, -0.25) is 4.79 Å². The van der Waals surface area contributed by atoms with Crippen LogP contribution in [0.25, 0.3) is 15.9 Å². The van der Waals surface area contributed by atoms with Gasteiger partial charge < -0.3 is 4.90 Å². The van der Waals surface area contributed by atoms with Gasteiger partial charge in [-0.1, -0.05) is 12.1 Å². The van der Waals surface area contributed by atoms with Gasteiger partial charge in [-0.2, -0.15) is 5.10 Å². The van der Waals surface area contributed by atoms with Crippen LogP contribution < -0.4 is 0 Å². The number of aromatic nitrogens is 3. The van der Waals surface area contributed by atoms with Crippen molar-refractivity contribution in [2.24, 2.45) is 0 Å². The molecule has 3 heterocycles. The summed E-state index contributed by atoms with van der Waals surface area (Å²) in [6.45, 7) is 4.79. The summed E-state index contributed by atoms with van der Waals surface area (Å²) in [6, 6.07) is 18.0. The average molecular weight is 403 g/mol. The maximum Gasteiger partial charge on any atom is 0.254 e. The van der Waals surface area contributed by atoms with Crippen molar-refractivity contribution in [3.63, 3.8) is 0 Å².